The zero-order valence-electron chi connectivity index (χ0n) is 6.10. The molecule has 0 aliphatic heterocycles. The molecule has 2 aromatic rings. The molecule has 12 heavy (non-hydrogen) atoms. The molecule has 0 unspecified atom stereocenters. The Balaban J connectivity index is 2.47. The van der Waals surface area contributed by atoms with E-state index in [-0.39, 0.29) is 6.42 Å². The lowest BCUT2D eigenvalue weighted by atomic mass is 10.3. The van der Waals surface area contributed by atoms with Crippen molar-refractivity contribution in [3.05, 3.63) is 23.6 Å². The van der Waals surface area contributed by atoms with Crippen molar-refractivity contribution < 1.29 is 9.90 Å². The number of hydrogen-bond donors (Lipinski definition) is 1. The fourth-order valence-corrected chi connectivity index (χ4v) is 1.91. The summed E-state index contributed by atoms with van der Waals surface area (Å²) in [5.74, 6) is -0.816. The normalized spacial score (nSPS) is 10.7. The quantitative estimate of drug-likeness (QED) is 0.754. The first kappa shape index (κ1) is 7.30. The van der Waals surface area contributed by atoms with E-state index >= 15 is 0 Å². The molecule has 2 aromatic heterocycles. The number of carbonyl (C=O) groups is 1. The second-order valence-electron chi connectivity index (χ2n) is 2.40. The summed E-state index contributed by atoms with van der Waals surface area (Å²) in [5, 5.41) is 10.4. The predicted octanol–water partition coefficient (Wildman–Crippen LogP) is 1.02. The molecule has 0 aliphatic carbocycles. The highest BCUT2D eigenvalue weighted by atomic mass is 32.1. The lowest BCUT2D eigenvalue weighted by Gasteiger charge is -1.91. The van der Waals surface area contributed by atoms with Gasteiger partial charge in [-0.1, -0.05) is 0 Å². The first-order chi connectivity index (χ1) is 5.77. The van der Waals surface area contributed by atoms with Crippen LogP contribution in [0.5, 0.6) is 0 Å². The average molecular weight is 182 g/mol. The van der Waals surface area contributed by atoms with Crippen molar-refractivity contribution in [2.45, 2.75) is 6.42 Å². The number of fused-ring (bicyclic) bond motifs is 1. The number of carboxylic acids is 1. The summed E-state index contributed by atoms with van der Waals surface area (Å²) in [4.78, 5) is 15.3. The maximum Gasteiger partial charge on any atom is 0.309 e. The van der Waals surface area contributed by atoms with Gasteiger partial charge < -0.3 is 5.11 Å². The van der Waals surface area contributed by atoms with Crippen molar-refractivity contribution in [3.63, 3.8) is 0 Å². The van der Waals surface area contributed by atoms with E-state index in [1.807, 2.05) is 5.38 Å². The summed E-state index contributed by atoms with van der Waals surface area (Å²) < 4.78 is 1.79. The van der Waals surface area contributed by atoms with Crippen molar-refractivity contribution in [1.29, 1.82) is 0 Å². The van der Waals surface area contributed by atoms with Crippen molar-refractivity contribution in [1.82, 2.24) is 9.38 Å². The van der Waals surface area contributed by atoms with Crippen LogP contribution in [0.3, 0.4) is 0 Å². The SMILES string of the molecule is O=C(O)Cc1csc2cncn12. The highest BCUT2D eigenvalue weighted by molar-refractivity contribution is 7.15. The van der Waals surface area contributed by atoms with Gasteiger partial charge in [0.25, 0.3) is 0 Å². The van der Waals surface area contributed by atoms with Crippen molar-refractivity contribution in [3.8, 4) is 0 Å². The van der Waals surface area contributed by atoms with Gasteiger partial charge in [0.2, 0.25) is 0 Å². The van der Waals surface area contributed by atoms with Gasteiger partial charge in [0, 0.05) is 11.1 Å². The number of carboxylic acid groups (broad SMARTS) is 1. The third kappa shape index (κ3) is 1.08. The molecule has 0 saturated heterocycles. The van der Waals surface area contributed by atoms with Crippen LogP contribution in [0.4, 0.5) is 0 Å². The van der Waals surface area contributed by atoms with E-state index in [0.29, 0.717) is 0 Å². The van der Waals surface area contributed by atoms with Crippen LogP contribution < -0.4 is 0 Å². The molecule has 0 spiro atoms. The minimum Gasteiger partial charge on any atom is -0.481 e. The fraction of sp³-hybridized carbons (Fsp3) is 0.143. The molecule has 0 atom stereocenters. The molecule has 0 bridgehead atoms. The highest BCUT2D eigenvalue weighted by Crippen LogP contribution is 2.15. The summed E-state index contributed by atoms with van der Waals surface area (Å²) in [6.07, 6.45) is 3.40. The number of thiazole rings is 1. The first-order valence-electron chi connectivity index (χ1n) is 3.37. The third-order valence-corrected chi connectivity index (χ3v) is 2.50. The molecule has 0 aromatic carbocycles. The average Bonchev–Trinajstić information content (AvgIpc) is 2.52. The monoisotopic (exact) mass is 182 g/mol. The molecule has 0 saturated carbocycles. The van der Waals surface area contributed by atoms with Gasteiger partial charge in [-0.05, 0) is 0 Å². The molecule has 0 radical (unpaired) electrons. The summed E-state index contributed by atoms with van der Waals surface area (Å²) in [5.41, 5.74) is 0.778. The van der Waals surface area contributed by atoms with Gasteiger partial charge in [0.05, 0.1) is 12.6 Å². The fourth-order valence-electron chi connectivity index (χ4n) is 1.05. The van der Waals surface area contributed by atoms with Gasteiger partial charge in [-0.15, -0.1) is 11.3 Å². The van der Waals surface area contributed by atoms with E-state index in [0.717, 1.165) is 10.5 Å². The molecule has 1 N–H and O–H groups in total. The van der Waals surface area contributed by atoms with E-state index in [4.69, 9.17) is 5.11 Å². The van der Waals surface area contributed by atoms with E-state index in [1.54, 1.807) is 16.9 Å². The van der Waals surface area contributed by atoms with Crippen LogP contribution in [0, 0.1) is 0 Å². The van der Waals surface area contributed by atoms with Gasteiger partial charge in [0.1, 0.15) is 11.2 Å². The Morgan fingerprint density at radius 3 is 3.33 bits per heavy atom. The first-order valence-corrected chi connectivity index (χ1v) is 4.25. The number of hydrogen-bond acceptors (Lipinski definition) is 3. The maximum atomic E-state index is 10.4. The van der Waals surface area contributed by atoms with Crippen LogP contribution in [-0.4, -0.2) is 20.5 Å². The van der Waals surface area contributed by atoms with Gasteiger partial charge in [-0.25, -0.2) is 4.98 Å². The Hall–Kier alpha value is -1.36. The largest absolute Gasteiger partial charge is 0.481 e. The van der Waals surface area contributed by atoms with Gasteiger partial charge >= 0.3 is 5.97 Å². The summed E-state index contributed by atoms with van der Waals surface area (Å²) in [6, 6.07) is 0. The molecule has 2 heterocycles. The summed E-state index contributed by atoms with van der Waals surface area (Å²) >= 11 is 1.50. The number of imidazole rings is 1. The number of rotatable bonds is 2. The van der Waals surface area contributed by atoms with Crippen LogP contribution >= 0.6 is 11.3 Å². The topological polar surface area (TPSA) is 54.6 Å². The third-order valence-electron chi connectivity index (χ3n) is 1.56. The van der Waals surface area contributed by atoms with E-state index in [1.165, 1.54) is 11.3 Å². The zero-order chi connectivity index (χ0) is 8.55. The van der Waals surface area contributed by atoms with Crippen molar-refractivity contribution in [2.75, 3.05) is 0 Å². The zero-order valence-corrected chi connectivity index (χ0v) is 6.91. The van der Waals surface area contributed by atoms with Crippen molar-refractivity contribution >= 4 is 22.1 Å². The Morgan fingerprint density at radius 1 is 1.75 bits per heavy atom. The maximum absolute atomic E-state index is 10.4. The molecule has 0 fully saturated rings. The molecular formula is C7H6N2O2S. The Labute approximate surface area is 72.1 Å². The second kappa shape index (κ2) is 2.60. The smallest absolute Gasteiger partial charge is 0.309 e. The molecule has 4 nitrogen and oxygen atoms in total. The van der Waals surface area contributed by atoms with Gasteiger partial charge in [-0.2, -0.15) is 0 Å². The standard InChI is InChI=1S/C7H6N2O2S/c10-7(11)1-5-3-12-6-2-8-4-9(5)6/h2-4H,1H2,(H,10,11). The number of aliphatic carboxylic acids is 1. The molecule has 2 rings (SSSR count). The molecule has 62 valence electrons. The molecular weight excluding hydrogens is 176 g/mol. The molecule has 5 heteroatoms. The number of nitrogens with zero attached hydrogens (tertiary/aromatic N) is 2. The Bertz CT molecular complexity index is 418. The van der Waals surface area contributed by atoms with Gasteiger partial charge in [0.15, 0.2) is 0 Å². The lowest BCUT2D eigenvalue weighted by Crippen LogP contribution is -2.01. The van der Waals surface area contributed by atoms with E-state index in [2.05, 4.69) is 4.98 Å². The van der Waals surface area contributed by atoms with E-state index < -0.39 is 5.97 Å². The van der Waals surface area contributed by atoms with Crippen LogP contribution in [0.1, 0.15) is 5.69 Å². The Morgan fingerprint density at radius 2 is 2.58 bits per heavy atom. The number of aromatic nitrogens is 2. The van der Waals surface area contributed by atoms with Crippen LogP contribution in [0.2, 0.25) is 0 Å². The molecule has 0 aliphatic rings. The predicted molar refractivity (Wildman–Crippen MR) is 44.4 cm³/mol. The summed E-state index contributed by atoms with van der Waals surface area (Å²) in [6.45, 7) is 0. The molecule has 0 amide bonds. The minimum atomic E-state index is -0.816. The van der Waals surface area contributed by atoms with Crippen molar-refractivity contribution in [2.24, 2.45) is 0 Å². The van der Waals surface area contributed by atoms with Crippen LogP contribution in [0.15, 0.2) is 17.9 Å². The second-order valence-corrected chi connectivity index (χ2v) is 3.29. The Kier molecular flexibility index (Phi) is 1.58. The minimum absolute atomic E-state index is 0.0519. The lowest BCUT2D eigenvalue weighted by molar-refractivity contribution is -0.136. The van der Waals surface area contributed by atoms with Gasteiger partial charge in [-0.3, -0.25) is 9.20 Å². The van der Waals surface area contributed by atoms with Crippen LogP contribution in [-0.2, 0) is 11.2 Å². The highest BCUT2D eigenvalue weighted by Gasteiger charge is 2.06. The van der Waals surface area contributed by atoms with Crippen LogP contribution in [0.25, 0.3) is 4.83 Å². The van der Waals surface area contributed by atoms with E-state index in [9.17, 15) is 4.79 Å². The summed E-state index contributed by atoms with van der Waals surface area (Å²) in [7, 11) is 0.